The number of likely N-dealkylation sites (N-methyl/N-ethyl adjacent to an activating group) is 1. The van der Waals surface area contributed by atoms with Gasteiger partial charge in [0.05, 0.1) is 12.8 Å². The van der Waals surface area contributed by atoms with Gasteiger partial charge in [-0.1, -0.05) is 29.8 Å². The first kappa shape index (κ1) is 21.3. The van der Waals surface area contributed by atoms with Gasteiger partial charge in [-0.3, -0.25) is 19.3 Å². The highest BCUT2D eigenvalue weighted by atomic mass is 16.5. The lowest BCUT2D eigenvalue weighted by atomic mass is 9.60. The number of esters is 2. The first-order valence-corrected chi connectivity index (χ1v) is 10.5. The summed E-state index contributed by atoms with van der Waals surface area (Å²) < 4.78 is 10.7. The zero-order chi connectivity index (χ0) is 22.3. The van der Waals surface area contributed by atoms with Crippen LogP contribution in [0.1, 0.15) is 36.3 Å². The molecule has 7 nitrogen and oxygen atoms in total. The number of hydrogen-bond donors (Lipinski definition) is 1. The molecule has 2 aromatic rings. The number of benzene rings is 1. The zero-order valence-electron chi connectivity index (χ0n) is 18.4. The van der Waals surface area contributed by atoms with Crippen molar-refractivity contribution < 1.29 is 23.9 Å². The fraction of sp³-hybridized carbons (Fsp3) is 0.458. The van der Waals surface area contributed by atoms with Crippen molar-refractivity contribution in [1.82, 2.24) is 9.88 Å². The zero-order valence-corrected chi connectivity index (χ0v) is 18.4. The van der Waals surface area contributed by atoms with Crippen LogP contribution in [0.25, 0.3) is 10.9 Å². The quantitative estimate of drug-likeness (QED) is 0.602. The van der Waals surface area contributed by atoms with Crippen molar-refractivity contribution in [2.24, 2.45) is 11.3 Å². The SMILES string of the molecule is C/C=C1\CN(C)[C@H]2Cc3c([nH]c4ccccc34)C(=O)C[C@@H]1[C@@]2(COC(C)=O)C(=O)OC. The smallest absolute Gasteiger partial charge is 0.317 e. The van der Waals surface area contributed by atoms with E-state index in [0.717, 1.165) is 22.0 Å². The molecule has 1 aliphatic carbocycles. The number of ketones is 1. The van der Waals surface area contributed by atoms with Gasteiger partial charge in [-0.15, -0.1) is 0 Å². The fourth-order valence-electron chi connectivity index (χ4n) is 5.48. The van der Waals surface area contributed by atoms with E-state index in [1.807, 2.05) is 44.3 Å². The van der Waals surface area contributed by atoms with Gasteiger partial charge in [0.25, 0.3) is 0 Å². The third-order valence-electron chi connectivity index (χ3n) is 6.96. The monoisotopic (exact) mass is 424 g/mol. The molecule has 0 radical (unpaired) electrons. The summed E-state index contributed by atoms with van der Waals surface area (Å²) in [5.74, 6) is -1.38. The molecule has 1 aromatic heterocycles. The number of para-hydroxylation sites is 1. The van der Waals surface area contributed by atoms with Gasteiger partial charge in [-0.25, -0.2) is 0 Å². The van der Waals surface area contributed by atoms with Crippen LogP contribution in [0.3, 0.4) is 0 Å². The van der Waals surface area contributed by atoms with Gasteiger partial charge in [-0.05, 0) is 32.0 Å². The Labute approximate surface area is 181 Å². The maximum absolute atomic E-state index is 13.5. The molecule has 164 valence electrons. The summed E-state index contributed by atoms with van der Waals surface area (Å²) in [5.41, 5.74) is 2.20. The number of ether oxygens (including phenoxy) is 2. The molecule has 2 heterocycles. The molecule has 0 saturated carbocycles. The Hall–Kier alpha value is -2.93. The topological polar surface area (TPSA) is 88.7 Å². The first-order chi connectivity index (χ1) is 14.8. The number of hydrogen-bond acceptors (Lipinski definition) is 6. The number of H-pyrrole nitrogens is 1. The van der Waals surface area contributed by atoms with Crippen LogP contribution in [0.2, 0.25) is 0 Å². The van der Waals surface area contributed by atoms with Crippen molar-refractivity contribution in [2.75, 3.05) is 27.3 Å². The Bertz CT molecular complexity index is 1080. The largest absolute Gasteiger partial charge is 0.468 e. The molecule has 2 aliphatic rings. The molecule has 31 heavy (non-hydrogen) atoms. The predicted molar refractivity (Wildman–Crippen MR) is 116 cm³/mol. The summed E-state index contributed by atoms with van der Waals surface area (Å²) >= 11 is 0. The van der Waals surface area contributed by atoms with Crippen LogP contribution in [0.5, 0.6) is 0 Å². The molecule has 3 atom stereocenters. The second kappa shape index (κ2) is 7.96. The number of likely N-dealkylation sites (tertiary alicyclic amines) is 1. The maximum atomic E-state index is 13.5. The molecule has 2 bridgehead atoms. The number of aromatic amines is 1. The molecule has 1 aromatic carbocycles. The molecule has 1 aliphatic heterocycles. The van der Waals surface area contributed by atoms with Crippen molar-refractivity contribution in [1.29, 1.82) is 0 Å². The molecular formula is C24H28N2O5. The minimum atomic E-state index is -1.18. The molecule has 1 N–H and O–H groups in total. The second-order valence-corrected chi connectivity index (χ2v) is 8.51. The number of rotatable bonds is 3. The van der Waals surface area contributed by atoms with E-state index >= 15 is 0 Å². The molecular weight excluding hydrogens is 396 g/mol. The highest BCUT2D eigenvalue weighted by Crippen LogP contribution is 2.49. The van der Waals surface area contributed by atoms with Gasteiger partial charge in [0.2, 0.25) is 0 Å². The molecule has 4 rings (SSSR count). The number of fused-ring (bicyclic) bond motifs is 5. The maximum Gasteiger partial charge on any atom is 0.317 e. The van der Waals surface area contributed by atoms with Crippen molar-refractivity contribution in [3.63, 3.8) is 0 Å². The summed E-state index contributed by atoms with van der Waals surface area (Å²) in [6.45, 7) is 3.74. The van der Waals surface area contributed by atoms with Crippen LogP contribution in [-0.2, 0) is 25.5 Å². The number of methoxy groups -OCH3 is 1. The van der Waals surface area contributed by atoms with Crippen molar-refractivity contribution in [3.8, 4) is 0 Å². The Morgan fingerprint density at radius 2 is 2.03 bits per heavy atom. The molecule has 1 fully saturated rings. The van der Waals surface area contributed by atoms with Crippen molar-refractivity contribution in [3.05, 3.63) is 47.2 Å². The number of carbonyl (C=O) groups is 3. The molecule has 1 saturated heterocycles. The van der Waals surface area contributed by atoms with Crippen LogP contribution in [0, 0.1) is 11.3 Å². The third-order valence-corrected chi connectivity index (χ3v) is 6.96. The highest BCUT2D eigenvalue weighted by Gasteiger charge is 2.60. The van der Waals surface area contributed by atoms with Gasteiger partial charge in [0.1, 0.15) is 12.0 Å². The van der Waals surface area contributed by atoms with Crippen LogP contribution < -0.4 is 0 Å². The van der Waals surface area contributed by atoms with Crippen LogP contribution in [0.4, 0.5) is 0 Å². The minimum absolute atomic E-state index is 0.0466. The Morgan fingerprint density at radius 1 is 1.29 bits per heavy atom. The average Bonchev–Trinajstić information content (AvgIpc) is 3.12. The highest BCUT2D eigenvalue weighted by molar-refractivity contribution is 6.03. The van der Waals surface area contributed by atoms with Gasteiger partial charge < -0.3 is 14.5 Å². The third kappa shape index (κ3) is 3.28. The average molecular weight is 424 g/mol. The summed E-state index contributed by atoms with van der Waals surface area (Å²) in [4.78, 5) is 44.1. The van der Waals surface area contributed by atoms with E-state index in [0.29, 0.717) is 18.7 Å². The van der Waals surface area contributed by atoms with Gasteiger partial charge >= 0.3 is 11.9 Å². The van der Waals surface area contributed by atoms with E-state index in [1.165, 1.54) is 14.0 Å². The fourth-order valence-corrected chi connectivity index (χ4v) is 5.48. The number of piperidine rings is 1. The Kier molecular flexibility index (Phi) is 5.47. The van der Waals surface area contributed by atoms with Crippen LogP contribution >= 0.6 is 0 Å². The number of carbonyl (C=O) groups excluding carboxylic acids is 3. The van der Waals surface area contributed by atoms with Crippen molar-refractivity contribution >= 4 is 28.6 Å². The van der Waals surface area contributed by atoms with Crippen molar-refractivity contribution in [2.45, 2.75) is 32.7 Å². The normalized spacial score (nSPS) is 27.5. The van der Waals surface area contributed by atoms with E-state index in [-0.39, 0.29) is 24.9 Å². The van der Waals surface area contributed by atoms with Gasteiger partial charge in [0.15, 0.2) is 5.78 Å². The minimum Gasteiger partial charge on any atom is -0.468 e. The Balaban J connectivity index is 1.97. The van der Waals surface area contributed by atoms with Crippen LogP contribution in [-0.4, -0.2) is 61.0 Å². The van der Waals surface area contributed by atoms with E-state index in [1.54, 1.807) is 0 Å². The standard InChI is InChI=1S/C24H28N2O5/c1-5-15-12-26(3)21-10-17-16-8-6-7-9-19(16)25-22(17)20(28)11-18(15)24(21,23(29)30-4)13-31-14(2)27/h5-9,18,21,25H,10-13H2,1-4H3/b15-5+/t18-,21-,24+/m0/s1. The van der Waals surface area contributed by atoms with E-state index in [4.69, 9.17) is 9.47 Å². The molecule has 0 unspecified atom stereocenters. The lowest BCUT2D eigenvalue weighted by Gasteiger charge is -2.52. The molecule has 0 amide bonds. The van der Waals surface area contributed by atoms with E-state index in [2.05, 4.69) is 9.88 Å². The Morgan fingerprint density at radius 3 is 2.71 bits per heavy atom. The number of Topliss-reactive ketones (excluding diaryl/α,β-unsaturated/α-hetero) is 1. The van der Waals surface area contributed by atoms with E-state index < -0.39 is 23.3 Å². The number of aromatic nitrogens is 1. The summed E-state index contributed by atoms with van der Waals surface area (Å²) in [5, 5.41) is 0.973. The summed E-state index contributed by atoms with van der Waals surface area (Å²) in [7, 11) is 3.31. The van der Waals surface area contributed by atoms with Gasteiger partial charge in [-0.2, -0.15) is 0 Å². The number of nitrogens with zero attached hydrogens (tertiary/aromatic N) is 1. The summed E-state index contributed by atoms with van der Waals surface area (Å²) in [6, 6.07) is 7.51. The summed E-state index contributed by atoms with van der Waals surface area (Å²) in [6.07, 6.45) is 2.56. The van der Waals surface area contributed by atoms with Crippen LogP contribution in [0.15, 0.2) is 35.9 Å². The predicted octanol–water partition coefficient (Wildman–Crippen LogP) is 2.90. The first-order valence-electron chi connectivity index (χ1n) is 10.5. The lowest BCUT2D eigenvalue weighted by molar-refractivity contribution is -0.174. The van der Waals surface area contributed by atoms with E-state index in [9.17, 15) is 14.4 Å². The number of allylic oxidation sites excluding steroid dienone is 1. The number of nitrogens with one attached hydrogen (secondary N) is 1. The molecule has 7 heteroatoms. The second-order valence-electron chi connectivity index (χ2n) is 8.51. The van der Waals surface area contributed by atoms with Gasteiger partial charge in [0, 0.05) is 42.8 Å². The lowest BCUT2D eigenvalue weighted by Crippen LogP contribution is -2.64. The molecule has 0 spiro atoms.